The van der Waals surface area contributed by atoms with Crippen LogP contribution in [-0.4, -0.2) is 34.0 Å². The molecule has 168 valence electrons. The van der Waals surface area contributed by atoms with Gasteiger partial charge in [-0.25, -0.2) is 8.42 Å². The van der Waals surface area contributed by atoms with Gasteiger partial charge in [0.25, 0.3) is 10.0 Å². The Labute approximate surface area is 189 Å². The zero-order valence-electron chi connectivity index (χ0n) is 18.3. The monoisotopic (exact) mass is 452 g/mol. The van der Waals surface area contributed by atoms with E-state index < -0.39 is 10.0 Å². The molecule has 0 bridgehead atoms. The maximum absolute atomic E-state index is 13.4. The highest BCUT2D eigenvalue weighted by Crippen LogP contribution is 2.32. The maximum atomic E-state index is 13.4. The molecular formula is C25H28N2O4S. The van der Waals surface area contributed by atoms with Crippen molar-refractivity contribution in [3.8, 4) is 5.75 Å². The van der Waals surface area contributed by atoms with Crippen LogP contribution in [-0.2, 0) is 21.2 Å². The average molecular weight is 453 g/mol. The zero-order valence-corrected chi connectivity index (χ0v) is 19.1. The van der Waals surface area contributed by atoms with Gasteiger partial charge in [-0.05, 0) is 49.6 Å². The molecule has 3 aromatic carbocycles. The summed E-state index contributed by atoms with van der Waals surface area (Å²) in [6.07, 6.45) is 1.57. The lowest BCUT2D eigenvalue weighted by Gasteiger charge is -2.26. The Hall–Kier alpha value is -3.32. The van der Waals surface area contributed by atoms with Crippen LogP contribution in [0.25, 0.3) is 0 Å². The minimum Gasteiger partial charge on any atom is -0.495 e. The number of benzene rings is 3. The molecule has 0 heterocycles. The van der Waals surface area contributed by atoms with Gasteiger partial charge >= 0.3 is 0 Å². The van der Waals surface area contributed by atoms with Crippen molar-refractivity contribution in [1.29, 1.82) is 0 Å². The largest absolute Gasteiger partial charge is 0.495 e. The van der Waals surface area contributed by atoms with Crippen molar-refractivity contribution in [1.82, 2.24) is 5.32 Å². The molecule has 7 heteroatoms. The Morgan fingerprint density at radius 2 is 1.53 bits per heavy atom. The molecule has 0 aliphatic heterocycles. The van der Waals surface area contributed by atoms with E-state index in [0.717, 1.165) is 17.1 Å². The first-order valence-electron chi connectivity index (χ1n) is 10.5. The minimum atomic E-state index is -3.98. The van der Waals surface area contributed by atoms with Crippen molar-refractivity contribution in [2.75, 3.05) is 18.0 Å². The summed E-state index contributed by atoms with van der Waals surface area (Å²) in [7, 11) is -2.51. The van der Waals surface area contributed by atoms with Crippen LogP contribution >= 0.6 is 0 Å². The summed E-state index contributed by atoms with van der Waals surface area (Å²) in [5.41, 5.74) is 1.50. The molecule has 0 fully saturated rings. The number of carbonyl (C=O) groups is 1. The van der Waals surface area contributed by atoms with Gasteiger partial charge in [0, 0.05) is 6.04 Å². The average Bonchev–Trinajstić information content (AvgIpc) is 2.82. The van der Waals surface area contributed by atoms with Crippen LogP contribution in [0.1, 0.15) is 18.9 Å². The van der Waals surface area contributed by atoms with Gasteiger partial charge in [-0.3, -0.25) is 9.10 Å². The molecule has 0 aliphatic rings. The van der Waals surface area contributed by atoms with E-state index in [4.69, 9.17) is 4.74 Å². The van der Waals surface area contributed by atoms with Gasteiger partial charge in [0.05, 0.1) is 17.7 Å². The molecule has 32 heavy (non-hydrogen) atoms. The van der Waals surface area contributed by atoms with Gasteiger partial charge < -0.3 is 10.1 Å². The van der Waals surface area contributed by atoms with Crippen LogP contribution in [0.3, 0.4) is 0 Å². The molecule has 0 saturated heterocycles. The molecule has 3 rings (SSSR count). The van der Waals surface area contributed by atoms with Crippen LogP contribution in [0, 0.1) is 0 Å². The van der Waals surface area contributed by atoms with Gasteiger partial charge in [0.2, 0.25) is 5.91 Å². The first-order chi connectivity index (χ1) is 15.4. The van der Waals surface area contributed by atoms with Crippen molar-refractivity contribution < 1.29 is 17.9 Å². The summed E-state index contributed by atoms with van der Waals surface area (Å²) >= 11 is 0. The normalized spacial score (nSPS) is 12.1. The summed E-state index contributed by atoms with van der Waals surface area (Å²) in [5.74, 6) is -0.00657. The molecule has 0 aliphatic carbocycles. The fourth-order valence-electron chi connectivity index (χ4n) is 3.41. The third-order valence-corrected chi connectivity index (χ3v) is 6.86. The third kappa shape index (κ3) is 5.88. The van der Waals surface area contributed by atoms with E-state index in [1.807, 2.05) is 37.3 Å². The van der Waals surface area contributed by atoms with Gasteiger partial charge in [0.1, 0.15) is 12.3 Å². The SMILES string of the molecule is COc1ccccc1N(CC(=O)N[C@@H](C)CCc1ccccc1)S(=O)(=O)c1ccccc1. The summed E-state index contributed by atoms with van der Waals surface area (Å²) < 4.78 is 33.3. The highest BCUT2D eigenvalue weighted by molar-refractivity contribution is 7.92. The smallest absolute Gasteiger partial charge is 0.264 e. The number of hydrogen-bond acceptors (Lipinski definition) is 4. The van der Waals surface area contributed by atoms with E-state index in [9.17, 15) is 13.2 Å². The number of carbonyl (C=O) groups excluding carboxylic acids is 1. The Morgan fingerprint density at radius 1 is 0.938 bits per heavy atom. The number of sulfonamides is 1. The number of nitrogens with zero attached hydrogens (tertiary/aromatic N) is 1. The van der Waals surface area contributed by atoms with Crippen LogP contribution in [0.4, 0.5) is 5.69 Å². The molecule has 3 aromatic rings. The van der Waals surface area contributed by atoms with E-state index in [1.165, 1.54) is 24.8 Å². The lowest BCUT2D eigenvalue weighted by molar-refractivity contribution is -0.120. The Bertz CT molecular complexity index is 1120. The quantitative estimate of drug-likeness (QED) is 0.504. The van der Waals surface area contributed by atoms with E-state index in [1.54, 1.807) is 42.5 Å². The number of nitrogens with one attached hydrogen (secondary N) is 1. The fraction of sp³-hybridized carbons (Fsp3) is 0.240. The molecule has 1 N–H and O–H groups in total. The first-order valence-corrected chi connectivity index (χ1v) is 11.9. The maximum Gasteiger partial charge on any atom is 0.264 e. The Kier molecular flexibility index (Phi) is 7.89. The predicted molar refractivity (Wildman–Crippen MR) is 126 cm³/mol. The van der Waals surface area contributed by atoms with Gasteiger partial charge in [0.15, 0.2) is 0 Å². The standard InChI is InChI=1S/C25H28N2O4S/c1-20(17-18-21-11-5-3-6-12-21)26-25(28)19-27(23-15-9-10-16-24(23)31-2)32(29,30)22-13-7-4-8-14-22/h3-16,20H,17-19H2,1-2H3,(H,26,28)/t20-/m0/s1. The van der Waals surface area contributed by atoms with Crippen LogP contribution in [0.2, 0.25) is 0 Å². The van der Waals surface area contributed by atoms with E-state index in [-0.39, 0.29) is 23.4 Å². The number of para-hydroxylation sites is 2. The number of aryl methyl sites for hydroxylation is 1. The second-order valence-corrected chi connectivity index (χ2v) is 9.35. The van der Waals surface area contributed by atoms with Gasteiger partial charge in [-0.15, -0.1) is 0 Å². The molecule has 6 nitrogen and oxygen atoms in total. The zero-order chi connectivity index (χ0) is 23.0. The fourth-order valence-corrected chi connectivity index (χ4v) is 4.86. The Morgan fingerprint density at radius 3 is 2.19 bits per heavy atom. The number of amides is 1. The number of anilines is 1. The number of rotatable bonds is 10. The molecule has 1 atom stereocenters. The van der Waals surface area contributed by atoms with Gasteiger partial charge in [-0.1, -0.05) is 60.7 Å². The molecule has 0 spiro atoms. The van der Waals surface area contributed by atoms with Crippen molar-refractivity contribution in [3.05, 3.63) is 90.5 Å². The molecule has 0 unspecified atom stereocenters. The van der Waals surface area contributed by atoms with E-state index in [0.29, 0.717) is 11.4 Å². The molecule has 0 radical (unpaired) electrons. The number of ether oxygens (including phenoxy) is 1. The molecule has 1 amide bonds. The van der Waals surface area contributed by atoms with E-state index >= 15 is 0 Å². The summed E-state index contributed by atoms with van der Waals surface area (Å²) in [6.45, 7) is 1.56. The number of methoxy groups -OCH3 is 1. The molecule has 0 saturated carbocycles. The lowest BCUT2D eigenvalue weighted by Crippen LogP contribution is -2.43. The highest BCUT2D eigenvalue weighted by atomic mass is 32.2. The summed E-state index contributed by atoms with van der Waals surface area (Å²) in [4.78, 5) is 13.0. The minimum absolute atomic E-state index is 0.107. The second kappa shape index (κ2) is 10.8. The highest BCUT2D eigenvalue weighted by Gasteiger charge is 2.29. The van der Waals surface area contributed by atoms with Crippen LogP contribution in [0.15, 0.2) is 89.8 Å². The predicted octanol–water partition coefficient (Wildman–Crippen LogP) is 4.03. The first kappa shape index (κ1) is 23.3. The second-order valence-electron chi connectivity index (χ2n) is 7.49. The lowest BCUT2D eigenvalue weighted by atomic mass is 10.1. The van der Waals surface area contributed by atoms with Crippen molar-refractivity contribution in [2.45, 2.75) is 30.7 Å². The molecular weight excluding hydrogens is 424 g/mol. The Balaban J connectivity index is 1.79. The summed E-state index contributed by atoms with van der Waals surface area (Å²) in [5, 5.41) is 2.93. The third-order valence-electron chi connectivity index (χ3n) is 5.09. The topological polar surface area (TPSA) is 75.7 Å². The van der Waals surface area contributed by atoms with Gasteiger partial charge in [-0.2, -0.15) is 0 Å². The van der Waals surface area contributed by atoms with Crippen molar-refractivity contribution in [2.24, 2.45) is 0 Å². The van der Waals surface area contributed by atoms with E-state index in [2.05, 4.69) is 5.32 Å². The van der Waals surface area contributed by atoms with Crippen molar-refractivity contribution in [3.63, 3.8) is 0 Å². The summed E-state index contributed by atoms with van der Waals surface area (Å²) in [6, 6.07) is 24.8. The number of hydrogen-bond donors (Lipinski definition) is 1. The van der Waals surface area contributed by atoms with Crippen molar-refractivity contribution >= 4 is 21.6 Å². The van der Waals surface area contributed by atoms with Crippen LogP contribution in [0.5, 0.6) is 5.75 Å². The molecule has 0 aromatic heterocycles. The van der Waals surface area contributed by atoms with Crippen LogP contribution < -0.4 is 14.4 Å².